The number of fused-ring (bicyclic) bond motifs is 1. The topological polar surface area (TPSA) is 75.0 Å². The number of carbonyl (C=O) groups is 1. The summed E-state index contributed by atoms with van der Waals surface area (Å²) < 4.78 is 50.0. The van der Waals surface area contributed by atoms with Crippen LogP contribution in [0.4, 0.5) is 23.7 Å². The number of carboxylic acid groups (broad SMARTS) is 1. The van der Waals surface area contributed by atoms with Gasteiger partial charge in [-0.05, 0) is 36.9 Å². The molecule has 0 saturated carbocycles. The Morgan fingerprint density at radius 1 is 1.09 bits per heavy atom. The van der Waals surface area contributed by atoms with Gasteiger partial charge in [-0.3, -0.25) is 4.79 Å². The van der Waals surface area contributed by atoms with Crippen LogP contribution in [0.25, 0.3) is 16.6 Å². The molecule has 1 aliphatic heterocycles. The monoisotopic (exact) mass is 447 g/mol. The molecule has 32 heavy (non-hydrogen) atoms. The van der Waals surface area contributed by atoms with E-state index in [0.717, 1.165) is 35.5 Å². The number of rotatable bonds is 4. The number of ether oxygens (including phenoxy) is 1. The van der Waals surface area contributed by atoms with E-state index in [9.17, 15) is 14.0 Å². The van der Waals surface area contributed by atoms with Gasteiger partial charge in [-0.25, -0.2) is 18.0 Å². The maximum absolute atomic E-state index is 15.8. The van der Waals surface area contributed by atoms with Gasteiger partial charge in [0.05, 0.1) is 17.1 Å². The highest BCUT2D eigenvalue weighted by molar-refractivity contribution is 5.87. The minimum absolute atomic E-state index is 0.235. The van der Waals surface area contributed by atoms with E-state index in [1.54, 1.807) is 4.90 Å². The zero-order valence-corrected chi connectivity index (χ0v) is 17.1. The first-order chi connectivity index (χ1) is 15.3. The summed E-state index contributed by atoms with van der Waals surface area (Å²) in [5.41, 5.74) is -1.26. The van der Waals surface area contributed by atoms with E-state index in [-0.39, 0.29) is 22.3 Å². The van der Waals surface area contributed by atoms with Crippen molar-refractivity contribution in [3.63, 3.8) is 0 Å². The highest BCUT2D eigenvalue weighted by Gasteiger charge is 2.27. The van der Waals surface area contributed by atoms with Gasteiger partial charge in [0.2, 0.25) is 5.43 Å². The number of nitrogens with zero attached hydrogens (tertiary/aromatic N) is 3. The molecular weight excluding hydrogens is 427 g/mol. The van der Waals surface area contributed by atoms with Crippen LogP contribution >= 0.6 is 0 Å². The molecule has 0 spiro atoms. The molecule has 0 atom stereocenters. The summed E-state index contributed by atoms with van der Waals surface area (Å²) in [5, 5.41) is 8.56. The highest BCUT2D eigenvalue weighted by atomic mass is 19.1. The molecule has 0 amide bonds. The Morgan fingerprint density at radius 2 is 1.75 bits per heavy atom. The molecule has 0 aliphatic carbocycles. The third-order valence-electron chi connectivity index (χ3n) is 5.56. The Morgan fingerprint density at radius 3 is 2.34 bits per heavy atom. The third-order valence-corrected chi connectivity index (χ3v) is 5.56. The molecule has 0 unspecified atom stereocenters. The fourth-order valence-corrected chi connectivity index (χ4v) is 3.93. The van der Waals surface area contributed by atoms with Crippen molar-refractivity contribution in [2.24, 2.45) is 0 Å². The molecular formula is C22H20F3N3O4. The number of likely N-dealkylation sites (N-methyl/N-ethyl adjacent to an activating group) is 1. The Balaban J connectivity index is 1.97. The summed E-state index contributed by atoms with van der Waals surface area (Å²) in [4.78, 5) is 27.5. The normalized spacial score (nSPS) is 14.7. The minimum Gasteiger partial charge on any atom is -0.449 e. The van der Waals surface area contributed by atoms with Crippen LogP contribution in [0.2, 0.25) is 0 Å². The largest absolute Gasteiger partial charge is 0.511 e. The maximum atomic E-state index is 15.8. The van der Waals surface area contributed by atoms with E-state index in [1.165, 1.54) is 12.1 Å². The smallest absolute Gasteiger partial charge is 0.449 e. The zero-order chi connectivity index (χ0) is 23.0. The lowest BCUT2D eigenvalue weighted by molar-refractivity contribution is 0.144. The summed E-state index contributed by atoms with van der Waals surface area (Å²) in [7, 11) is 0. The average molecular weight is 447 g/mol. The lowest BCUT2D eigenvalue weighted by Crippen LogP contribution is -2.46. The van der Waals surface area contributed by atoms with Gasteiger partial charge >= 0.3 is 6.16 Å². The van der Waals surface area contributed by atoms with Crippen molar-refractivity contribution in [2.75, 3.05) is 37.6 Å². The number of benzene rings is 2. The van der Waals surface area contributed by atoms with Gasteiger partial charge in [-0.2, -0.15) is 0 Å². The maximum Gasteiger partial charge on any atom is 0.511 e. The third kappa shape index (κ3) is 3.89. The second-order valence-electron chi connectivity index (χ2n) is 7.38. The number of hydrogen-bond donors (Lipinski definition) is 1. The van der Waals surface area contributed by atoms with Crippen LogP contribution in [0.5, 0.6) is 5.75 Å². The summed E-state index contributed by atoms with van der Waals surface area (Å²) in [6, 6.07) is 5.79. The molecule has 10 heteroatoms. The van der Waals surface area contributed by atoms with Crippen LogP contribution in [0.1, 0.15) is 6.92 Å². The predicted molar refractivity (Wildman–Crippen MR) is 112 cm³/mol. The Labute approximate surface area is 180 Å². The molecule has 168 valence electrons. The molecule has 1 aromatic heterocycles. The number of aromatic nitrogens is 1. The van der Waals surface area contributed by atoms with E-state index >= 15 is 8.78 Å². The second kappa shape index (κ2) is 8.54. The van der Waals surface area contributed by atoms with E-state index in [2.05, 4.69) is 9.64 Å². The number of piperazine rings is 1. The van der Waals surface area contributed by atoms with Crippen molar-refractivity contribution in [3.05, 3.63) is 64.2 Å². The van der Waals surface area contributed by atoms with Crippen LogP contribution < -0.4 is 15.1 Å². The predicted octanol–water partition coefficient (Wildman–Crippen LogP) is 3.61. The van der Waals surface area contributed by atoms with E-state index in [4.69, 9.17) is 5.11 Å². The molecule has 1 aliphatic rings. The fraction of sp³-hybridized carbons (Fsp3) is 0.273. The molecule has 3 aromatic rings. The van der Waals surface area contributed by atoms with Gasteiger partial charge in [-0.15, -0.1) is 0 Å². The Bertz CT molecular complexity index is 1240. The van der Waals surface area contributed by atoms with Gasteiger partial charge in [0.15, 0.2) is 11.6 Å². The number of halogens is 3. The lowest BCUT2D eigenvalue weighted by atomic mass is 10.1. The van der Waals surface area contributed by atoms with Gasteiger partial charge in [-0.1, -0.05) is 6.92 Å². The standard InChI is InChI=1S/C22H20F3N3O4/c1-2-26-7-9-27(10-8-26)20-16(24)11-15-19(18(20)25)28(14-5-3-13(23)4-6-14)12-17(21(15)29)32-22(30)31/h3-6,11-12H,2,7-10H2,1H3,(H,30,31). The summed E-state index contributed by atoms with van der Waals surface area (Å²) >= 11 is 0. The highest BCUT2D eigenvalue weighted by Crippen LogP contribution is 2.33. The van der Waals surface area contributed by atoms with Crippen molar-refractivity contribution >= 4 is 22.7 Å². The van der Waals surface area contributed by atoms with E-state index < -0.39 is 34.8 Å². The summed E-state index contributed by atoms with van der Waals surface area (Å²) in [6.07, 6.45) is -0.746. The van der Waals surface area contributed by atoms with Gasteiger partial charge in [0.1, 0.15) is 17.3 Å². The number of hydrogen-bond acceptors (Lipinski definition) is 5. The molecule has 1 N–H and O–H groups in total. The average Bonchev–Trinajstić information content (AvgIpc) is 2.76. The first-order valence-electron chi connectivity index (χ1n) is 10.0. The Hall–Kier alpha value is -3.53. The molecule has 4 rings (SSSR count). The quantitative estimate of drug-likeness (QED) is 0.616. The van der Waals surface area contributed by atoms with Crippen molar-refractivity contribution in [3.8, 4) is 11.4 Å². The van der Waals surface area contributed by atoms with Crippen LogP contribution in [0, 0.1) is 17.5 Å². The molecule has 1 saturated heterocycles. The van der Waals surface area contributed by atoms with Crippen LogP contribution in [0.15, 0.2) is 41.3 Å². The first kappa shape index (κ1) is 21.7. The second-order valence-corrected chi connectivity index (χ2v) is 7.38. The Kier molecular flexibility index (Phi) is 5.79. The molecule has 2 aromatic carbocycles. The number of pyridine rings is 1. The fourth-order valence-electron chi connectivity index (χ4n) is 3.93. The minimum atomic E-state index is -1.75. The summed E-state index contributed by atoms with van der Waals surface area (Å²) in [5.74, 6) is -3.07. The van der Waals surface area contributed by atoms with Crippen molar-refractivity contribution < 1.29 is 27.8 Å². The zero-order valence-electron chi connectivity index (χ0n) is 17.1. The SMILES string of the molecule is CCN1CCN(c2c(F)cc3c(=O)c(OC(=O)O)cn(-c4ccc(F)cc4)c3c2F)CC1. The van der Waals surface area contributed by atoms with E-state index in [1.807, 2.05) is 6.92 Å². The molecule has 1 fully saturated rings. The van der Waals surface area contributed by atoms with Crippen LogP contribution in [0.3, 0.4) is 0 Å². The molecule has 0 radical (unpaired) electrons. The van der Waals surface area contributed by atoms with Crippen LogP contribution in [-0.4, -0.2) is 53.5 Å². The van der Waals surface area contributed by atoms with Crippen molar-refractivity contribution in [2.45, 2.75) is 6.92 Å². The summed E-state index contributed by atoms with van der Waals surface area (Å²) in [6.45, 7) is 4.88. The van der Waals surface area contributed by atoms with Crippen molar-refractivity contribution in [1.82, 2.24) is 9.47 Å². The molecule has 7 nitrogen and oxygen atoms in total. The van der Waals surface area contributed by atoms with Gasteiger partial charge < -0.3 is 24.2 Å². The van der Waals surface area contributed by atoms with Gasteiger partial charge in [0, 0.05) is 31.9 Å². The van der Waals surface area contributed by atoms with Gasteiger partial charge in [0.25, 0.3) is 0 Å². The number of anilines is 1. The molecule has 2 heterocycles. The molecule has 0 bridgehead atoms. The lowest BCUT2D eigenvalue weighted by Gasteiger charge is -2.36. The van der Waals surface area contributed by atoms with Crippen LogP contribution in [-0.2, 0) is 0 Å². The van der Waals surface area contributed by atoms with Crippen molar-refractivity contribution in [1.29, 1.82) is 0 Å². The van der Waals surface area contributed by atoms with E-state index in [0.29, 0.717) is 26.2 Å². The first-order valence-corrected chi connectivity index (χ1v) is 10.0.